The summed E-state index contributed by atoms with van der Waals surface area (Å²) in [5.41, 5.74) is 4.76. The van der Waals surface area contributed by atoms with Crippen LogP contribution in [0, 0.1) is 6.92 Å². The van der Waals surface area contributed by atoms with Gasteiger partial charge in [0.15, 0.2) is 0 Å². The summed E-state index contributed by atoms with van der Waals surface area (Å²) in [5.74, 6) is 0. The maximum atomic E-state index is 11.3. The summed E-state index contributed by atoms with van der Waals surface area (Å²) in [6, 6.07) is 8.05. The highest BCUT2D eigenvalue weighted by Crippen LogP contribution is 2.27. The van der Waals surface area contributed by atoms with Gasteiger partial charge >= 0.3 is 5.69 Å². The molecular weight excluding hydrogens is 214 g/mol. The Morgan fingerprint density at radius 1 is 1.29 bits per heavy atom. The first-order valence-electron chi connectivity index (χ1n) is 5.67. The molecule has 0 fully saturated rings. The van der Waals surface area contributed by atoms with Crippen molar-refractivity contribution in [3.8, 4) is 11.3 Å². The molecule has 1 aliphatic heterocycles. The second-order valence-corrected chi connectivity index (χ2v) is 4.30. The average Bonchev–Trinajstić information content (AvgIpc) is 2.74. The molecule has 0 radical (unpaired) electrons. The quantitative estimate of drug-likeness (QED) is 0.779. The average molecular weight is 227 g/mol. The fourth-order valence-corrected chi connectivity index (χ4v) is 2.19. The molecule has 1 aliphatic rings. The lowest BCUT2D eigenvalue weighted by atomic mass is 10.1. The zero-order chi connectivity index (χ0) is 11.8. The van der Waals surface area contributed by atoms with Gasteiger partial charge in [-0.05, 0) is 37.1 Å². The smallest absolute Gasteiger partial charge is 0.345 e. The molecule has 0 amide bonds. The maximum absolute atomic E-state index is 11.3. The second-order valence-electron chi connectivity index (χ2n) is 4.30. The standard InChI is InChI=1S/C13H13N3O/c1-8-6-12(16-13(17)15-8)9-2-3-11-10(7-9)4-5-14-11/h2-3,6-7,14H,4-5H2,1H3,(H,15,16,17). The normalized spacial score (nSPS) is 13.2. The van der Waals surface area contributed by atoms with Crippen LogP contribution in [0.3, 0.4) is 0 Å². The minimum Gasteiger partial charge on any atom is -0.384 e. The van der Waals surface area contributed by atoms with Crippen LogP contribution in [0.4, 0.5) is 5.69 Å². The van der Waals surface area contributed by atoms with E-state index < -0.39 is 0 Å². The number of aromatic amines is 1. The zero-order valence-electron chi connectivity index (χ0n) is 9.58. The number of aromatic nitrogens is 2. The Kier molecular flexibility index (Phi) is 2.21. The van der Waals surface area contributed by atoms with Crippen molar-refractivity contribution < 1.29 is 0 Å². The molecule has 0 spiro atoms. The monoisotopic (exact) mass is 227 g/mol. The Hall–Kier alpha value is -2.10. The fourth-order valence-electron chi connectivity index (χ4n) is 2.19. The van der Waals surface area contributed by atoms with Crippen LogP contribution in [-0.4, -0.2) is 16.5 Å². The highest BCUT2D eigenvalue weighted by atomic mass is 16.1. The molecule has 3 rings (SSSR count). The van der Waals surface area contributed by atoms with E-state index in [2.05, 4.69) is 27.4 Å². The van der Waals surface area contributed by atoms with Crippen LogP contribution >= 0.6 is 0 Å². The van der Waals surface area contributed by atoms with Gasteiger partial charge in [-0.3, -0.25) is 0 Å². The topological polar surface area (TPSA) is 57.8 Å². The van der Waals surface area contributed by atoms with Crippen molar-refractivity contribution in [1.82, 2.24) is 9.97 Å². The summed E-state index contributed by atoms with van der Waals surface area (Å²) >= 11 is 0. The number of H-pyrrole nitrogens is 1. The summed E-state index contributed by atoms with van der Waals surface area (Å²) < 4.78 is 0. The van der Waals surface area contributed by atoms with E-state index in [1.54, 1.807) is 0 Å². The maximum Gasteiger partial charge on any atom is 0.345 e. The van der Waals surface area contributed by atoms with Gasteiger partial charge in [0.2, 0.25) is 0 Å². The van der Waals surface area contributed by atoms with Crippen LogP contribution in [0.25, 0.3) is 11.3 Å². The van der Waals surface area contributed by atoms with Gasteiger partial charge in [0.1, 0.15) is 0 Å². The summed E-state index contributed by atoms with van der Waals surface area (Å²) in [6.45, 7) is 2.85. The van der Waals surface area contributed by atoms with Gasteiger partial charge in [0, 0.05) is 23.5 Å². The molecular formula is C13H13N3O. The van der Waals surface area contributed by atoms with Gasteiger partial charge in [-0.25, -0.2) is 4.79 Å². The van der Waals surface area contributed by atoms with E-state index in [-0.39, 0.29) is 5.69 Å². The molecule has 1 aromatic heterocycles. The molecule has 17 heavy (non-hydrogen) atoms. The lowest BCUT2D eigenvalue weighted by Crippen LogP contribution is -2.11. The summed E-state index contributed by atoms with van der Waals surface area (Å²) in [4.78, 5) is 18.0. The summed E-state index contributed by atoms with van der Waals surface area (Å²) in [7, 11) is 0. The van der Waals surface area contributed by atoms with Crippen molar-refractivity contribution in [2.75, 3.05) is 11.9 Å². The fraction of sp³-hybridized carbons (Fsp3) is 0.231. The number of hydrogen-bond donors (Lipinski definition) is 2. The lowest BCUT2D eigenvalue weighted by molar-refractivity contribution is 1.03. The van der Waals surface area contributed by atoms with Crippen LogP contribution in [0.2, 0.25) is 0 Å². The van der Waals surface area contributed by atoms with E-state index in [1.807, 2.05) is 19.1 Å². The van der Waals surface area contributed by atoms with Crippen LogP contribution < -0.4 is 11.0 Å². The number of anilines is 1. The summed E-state index contributed by atoms with van der Waals surface area (Å²) in [6.07, 6.45) is 1.03. The zero-order valence-corrected chi connectivity index (χ0v) is 9.58. The van der Waals surface area contributed by atoms with Crippen molar-refractivity contribution >= 4 is 5.69 Å². The number of fused-ring (bicyclic) bond motifs is 1. The first-order valence-corrected chi connectivity index (χ1v) is 5.67. The van der Waals surface area contributed by atoms with Crippen molar-refractivity contribution in [2.45, 2.75) is 13.3 Å². The predicted molar refractivity (Wildman–Crippen MR) is 67.2 cm³/mol. The van der Waals surface area contributed by atoms with Gasteiger partial charge in [-0.15, -0.1) is 0 Å². The lowest BCUT2D eigenvalue weighted by Gasteiger charge is -2.04. The predicted octanol–water partition coefficient (Wildman–Crippen LogP) is 1.71. The van der Waals surface area contributed by atoms with Gasteiger partial charge in [0.25, 0.3) is 0 Å². The number of nitrogens with one attached hydrogen (secondary N) is 2. The molecule has 2 N–H and O–H groups in total. The van der Waals surface area contributed by atoms with E-state index in [0.717, 1.165) is 29.9 Å². The Labute approximate surface area is 98.7 Å². The third kappa shape index (κ3) is 1.82. The van der Waals surface area contributed by atoms with Gasteiger partial charge in [0.05, 0.1) is 5.69 Å². The first kappa shape index (κ1) is 10.1. The molecule has 2 aromatic rings. The minimum absolute atomic E-state index is 0.293. The molecule has 4 heteroatoms. The van der Waals surface area contributed by atoms with Crippen LogP contribution in [0.15, 0.2) is 29.1 Å². The minimum atomic E-state index is -0.293. The van der Waals surface area contributed by atoms with Crippen molar-refractivity contribution in [3.05, 3.63) is 46.0 Å². The summed E-state index contributed by atoms with van der Waals surface area (Å²) in [5, 5.41) is 3.31. The Balaban J connectivity index is 2.12. The number of rotatable bonds is 1. The van der Waals surface area contributed by atoms with Crippen LogP contribution in [-0.2, 0) is 6.42 Å². The molecule has 0 aliphatic carbocycles. The van der Waals surface area contributed by atoms with E-state index in [1.165, 1.54) is 11.3 Å². The van der Waals surface area contributed by atoms with E-state index in [4.69, 9.17) is 0 Å². The Bertz CT molecular complexity index is 631. The number of aryl methyl sites for hydroxylation is 1. The highest BCUT2D eigenvalue weighted by Gasteiger charge is 2.11. The number of benzene rings is 1. The molecule has 0 saturated carbocycles. The molecule has 0 unspecified atom stereocenters. The van der Waals surface area contributed by atoms with E-state index in [0.29, 0.717) is 0 Å². The molecule has 1 aromatic carbocycles. The van der Waals surface area contributed by atoms with Crippen molar-refractivity contribution in [1.29, 1.82) is 0 Å². The third-order valence-corrected chi connectivity index (χ3v) is 2.99. The van der Waals surface area contributed by atoms with Crippen LogP contribution in [0.5, 0.6) is 0 Å². The third-order valence-electron chi connectivity index (χ3n) is 2.99. The second kappa shape index (κ2) is 3.73. The van der Waals surface area contributed by atoms with Crippen LogP contribution in [0.1, 0.15) is 11.3 Å². The van der Waals surface area contributed by atoms with Gasteiger partial charge < -0.3 is 10.3 Å². The highest BCUT2D eigenvalue weighted by molar-refractivity contribution is 5.67. The molecule has 0 saturated heterocycles. The van der Waals surface area contributed by atoms with Gasteiger partial charge in [-0.1, -0.05) is 6.07 Å². The van der Waals surface area contributed by atoms with E-state index in [9.17, 15) is 4.79 Å². The Morgan fingerprint density at radius 3 is 3.00 bits per heavy atom. The van der Waals surface area contributed by atoms with Gasteiger partial charge in [-0.2, -0.15) is 4.98 Å². The first-order chi connectivity index (χ1) is 8.22. The Morgan fingerprint density at radius 2 is 2.18 bits per heavy atom. The molecule has 0 bridgehead atoms. The molecule has 0 atom stereocenters. The SMILES string of the molecule is Cc1cc(-c2ccc3c(c2)CCN3)nc(=O)[nH]1. The number of hydrogen-bond acceptors (Lipinski definition) is 3. The molecule has 2 heterocycles. The number of nitrogens with zero attached hydrogens (tertiary/aromatic N) is 1. The van der Waals surface area contributed by atoms with Crippen molar-refractivity contribution in [2.24, 2.45) is 0 Å². The van der Waals surface area contributed by atoms with Crippen molar-refractivity contribution in [3.63, 3.8) is 0 Å². The largest absolute Gasteiger partial charge is 0.384 e. The van der Waals surface area contributed by atoms with E-state index >= 15 is 0 Å². The molecule has 4 nitrogen and oxygen atoms in total. The molecule has 86 valence electrons.